The van der Waals surface area contributed by atoms with E-state index in [1.54, 1.807) is 6.92 Å². The molecule has 0 radical (unpaired) electrons. The van der Waals surface area contributed by atoms with Crippen LogP contribution in [0, 0.1) is 0 Å². The summed E-state index contributed by atoms with van der Waals surface area (Å²) in [7, 11) is -4.06. The maximum Gasteiger partial charge on any atom is 0.409 e. The summed E-state index contributed by atoms with van der Waals surface area (Å²) in [6, 6.07) is 10.2. The van der Waals surface area contributed by atoms with Gasteiger partial charge in [-0.2, -0.15) is 4.31 Å². The van der Waals surface area contributed by atoms with E-state index in [2.05, 4.69) is 5.32 Å². The third-order valence-electron chi connectivity index (χ3n) is 7.49. The van der Waals surface area contributed by atoms with Crippen molar-refractivity contribution < 1.29 is 22.7 Å². The number of ether oxygens (including phenoxy) is 1. The molecule has 2 aromatic carbocycles. The number of sulfonamides is 1. The number of rotatable bonds is 7. The van der Waals surface area contributed by atoms with Crippen molar-refractivity contribution in [3.63, 3.8) is 0 Å². The van der Waals surface area contributed by atoms with E-state index < -0.39 is 22.0 Å². The van der Waals surface area contributed by atoms with Crippen LogP contribution in [0.5, 0.6) is 0 Å². The van der Waals surface area contributed by atoms with Crippen molar-refractivity contribution >= 4 is 56.8 Å². The van der Waals surface area contributed by atoms with E-state index in [-0.39, 0.29) is 58.7 Å². The molecule has 0 unspecified atom stereocenters. The van der Waals surface area contributed by atoms with Crippen molar-refractivity contribution in [1.29, 1.82) is 0 Å². The Kier molecular flexibility index (Phi) is 9.70. The first kappa shape index (κ1) is 29.9. The van der Waals surface area contributed by atoms with Crippen LogP contribution in [0.2, 0.25) is 15.1 Å². The highest BCUT2D eigenvalue weighted by Gasteiger charge is 2.37. The second kappa shape index (κ2) is 12.6. The van der Waals surface area contributed by atoms with Gasteiger partial charge in [0.15, 0.2) is 0 Å². The van der Waals surface area contributed by atoms with Gasteiger partial charge in [0.05, 0.1) is 22.2 Å². The summed E-state index contributed by atoms with van der Waals surface area (Å²) in [5, 5.41) is 3.63. The highest BCUT2D eigenvalue weighted by molar-refractivity contribution is 7.89. The first-order valence-corrected chi connectivity index (χ1v) is 15.6. The van der Waals surface area contributed by atoms with Gasteiger partial charge in [-0.25, -0.2) is 13.2 Å². The fourth-order valence-corrected chi connectivity index (χ4v) is 7.96. The van der Waals surface area contributed by atoms with Gasteiger partial charge in [0, 0.05) is 43.2 Å². The Labute approximate surface area is 244 Å². The molecule has 1 heterocycles. The van der Waals surface area contributed by atoms with Crippen LogP contribution in [0.15, 0.2) is 41.3 Å². The zero-order valence-corrected chi connectivity index (χ0v) is 24.8. The largest absolute Gasteiger partial charge is 0.450 e. The summed E-state index contributed by atoms with van der Waals surface area (Å²) in [4.78, 5) is 26.6. The van der Waals surface area contributed by atoms with E-state index >= 15 is 0 Å². The van der Waals surface area contributed by atoms with Crippen molar-refractivity contribution in [2.45, 2.75) is 49.3 Å². The monoisotopic (exact) mass is 615 g/mol. The van der Waals surface area contributed by atoms with E-state index in [1.165, 1.54) is 21.3 Å². The van der Waals surface area contributed by atoms with Gasteiger partial charge in [-0.05, 0) is 43.5 Å². The molecule has 2 fully saturated rings. The van der Waals surface area contributed by atoms with Gasteiger partial charge in [-0.15, -0.1) is 0 Å². The Bertz CT molecular complexity index is 1320. The van der Waals surface area contributed by atoms with Crippen LogP contribution in [0.1, 0.15) is 54.9 Å². The molecule has 212 valence electrons. The Morgan fingerprint density at radius 1 is 0.949 bits per heavy atom. The molecular weight excluding hydrogens is 585 g/mol. The quantitative estimate of drug-likeness (QED) is 0.428. The normalized spacial score (nSPS) is 18.0. The number of nitrogens with one attached hydrogen (secondary N) is 1. The molecule has 4 rings (SSSR count). The number of hydrogen-bond donors (Lipinski definition) is 1. The molecule has 0 bridgehead atoms. The smallest absolute Gasteiger partial charge is 0.409 e. The number of halogens is 3. The molecule has 1 N–H and O–H groups in total. The maximum absolute atomic E-state index is 13.5. The van der Waals surface area contributed by atoms with Crippen LogP contribution in [-0.4, -0.2) is 69.0 Å². The van der Waals surface area contributed by atoms with E-state index in [1.807, 2.05) is 24.3 Å². The topological polar surface area (TPSA) is 96.0 Å². The zero-order valence-electron chi connectivity index (χ0n) is 21.7. The summed E-state index contributed by atoms with van der Waals surface area (Å²) in [5.74, 6) is -0.489. The minimum atomic E-state index is -4.06. The van der Waals surface area contributed by atoms with Gasteiger partial charge < -0.3 is 15.0 Å². The molecule has 2 amide bonds. The third-order valence-corrected chi connectivity index (χ3v) is 10.5. The Morgan fingerprint density at radius 3 is 2.26 bits per heavy atom. The molecule has 2 aliphatic rings. The second-order valence-corrected chi connectivity index (χ2v) is 13.0. The summed E-state index contributed by atoms with van der Waals surface area (Å²) < 4.78 is 33.2. The lowest BCUT2D eigenvalue weighted by Crippen LogP contribution is -2.50. The molecule has 1 aliphatic heterocycles. The SMILES string of the molecule is CCOC(=O)N1CCN(S(=O)(=O)c2cc(C(=O)NCC3(c4ccccc4Cl)CCCCC3)c(Cl)cc2Cl)CC1. The number of amides is 2. The molecule has 2 aromatic rings. The van der Waals surface area contributed by atoms with Crippen molar-refractivity contribution in [3.05, 3.63) is 62.6 Å². The van der Waals surface area contributed by atoms with Gasteiger partial charge >= 0.3 is 6.09 Å². The fourth-order valence-electron chi connectivity index (χ4n) is 5.37. The van der Waals surface area contributed by atoms with E-state index in [9.17, 15) is 18.0 Å². The summed E-state index contributed by atoms with van der Waals surface area (Å²) in [6.07, 6.45) is 4.44. The molecule has 1 saturated carbocycles. The predicted octanol–water partition coefficient (Wildman–Crippen LogP) is 5.74. The average molecular weight is 617 g/mol. The fraction of sp³-hybridized carbons (Fsp3) is 0.481. The van der Waals surface area contributed by atoms with Crippen molar-refractivity contribution in [1.82, 2.24) is 14.5 Å². The van der Waals surface area contributed by atoms with E-state index in [0.29, 0.717) is 11.6 Å². The molecule has 8 nitrogen and oxygen atoms in total. The number of piperazine rings is 1. The molecule has 39 heavy (non-hydrogen) atoms. The molecule has 1 saturated heterocycles. The second-order valence-electron chi connectivity index (χ2n) is 9.86. The Balaban J connectivity index is 1.54. The zero-order chi connectivity index (χ0) is 28.2. The number of benzene rings is 2. The first-order chi connectivity index (χ1) is 18.6. The average Bonchev–Trinajstić information content (AvgIpc) is 2.92. The van der Waals surface area contributed by atoms with E-state index in [4.69, 9.17) is 39.5 Å². The van der Waals surface area contributed by atoms with Gasteiger partial charge in [-0.1, -0.05) is 72.3 Å². The first-order valence-electron chi connectivity index (χ1n) is 13.0. The standard InChI is InChI=1S/C27H32Cl3N3O5S/c1-2-38-26(35)32-12-14-33(15-13-32)39(36,37)24-16-19(22(29)17-23(24)30)25(34)31-18-27(10-6-3-7-11-27)20-8-4-5-9-21(20)28/h4-5,8-9,16-17H,2-3,6-7,10-15,18H2,1H3,(H,31,34). The number of nitrogens with zero attached hydrogens (tertiary/aromatic N) is 2. The molecule has 1 aliphatic carbocycles. The van der Waals surface area contributed by atoms with Crippen LogP contribution in [-0.2, 0) is 20.2 Å². The molecule has 0 spiro atoms. The molecule has 0 atom stereocenters. The van der Waals surface area contributed by atoms with Gasteiger partial charge in [0.2, 0.25) is 10.0 Å². The lowest BCUT2D eigenvalue weighted by Gasteiger charge is -2.38. The Hall–Kier alpha value is -2.04. The minimum Gasteiger partial charge on any atom is -0.450 e. The molecular formula is C27H32Cl3N3O5S. The van der Waals surface area contributed by atoms with Crippen molar-refractivity contribution in [3.8, 4) is 0 Å². The van der Waals surface area contributed by atoms with Crippen LogP contribution in [0.25, 0.3) is 0 Å². The van der Waals surface area contributed by atoms with Gasteiger partial charge in [0.1, 0.15) is 4.90 Å². The van der Waals surface area contributed by atoms with Gasteiger partial charge in [0.25, 0.3) is 5.91 Å². The van der Waals surface area contributed by atoms with Crippen molar-refractivity contribution in [2.24, 2.45) is 0 Å². The predicted molar refractivity (Wildman–Crippen MR) is 152 cm³/mol. The maximum atomic E-state index is 13.5. The minimum absolute atomic E-state index is 0.0231. The Morgan fingerprint density at radius 2 is 1.62 bits per heavy atom. The summed E-state index contributed by atoms with van der Waals surface area (Å²) in [5.41, 5.74) is 0.701. The van der Waals surface area contributed by atoms with Crippen LogP contribution in [0.4, 0.5) is 4.79 Å². The highest BCUT2D eigenvalue weighted by atomic mass is 35.5. The number of hydrogen-bond acceptors (Lipinski definition) is 5. The number of carbonyl (C=O) groups is 2. The van der Waals surface area contributed by atoms with Crippen molar-refractivity contribution in [2.75, 3.05) is 39.3 Å². The lowest BCUT2D eigenvalue weighted by molar-refractivity contribution is 0.0926. The third kappa shape index (κ3) is 6.49. The lowest BCUT2D eigenvalue weighted by atomic mass is 9.69. The van der Waals surface area contributed by atoms with Crippen LogP contribution < -0.4 is 5.32 Å². The highest BCUT2D eigenvalue weighted by Crippen LogP contribution is 2.42. The van der Waals surface area contributed by atoms with E-state index in [0.717, 1.165) is 37.7 Å². The summed E-state index contributed by atoms with van der Waals surface area (Å²) >= 11 is 19.3. The van der Waals surface area contributed by atoms with Crippen LogP contribution >= 0.6 is 34.8 Å². The molecule has 0 aromatic heterocycles. The number of carbonyl (C=O) groups excluding carboxylic acids is 2. The summed E-state index contributed by atoms with van der Waals surface area (Å²) in [6.45, 7) is 2.79. The van der Waals surface area contributed by atoms with Crippen LogP contribution in [0.3, 0.4) is 0 Å². The molecule has 12 heteroatoms. The van der Waals surface area contributed by atoms with Gasteiger partial charge in [-0.3, -0.25) is 4.79 Å².